The lowest BCUT2D eigenvalue weighted by molar-refractivity contribution is -0.146. The van der Waals surface area contributed by atoms with Crippen LogP contribution in [0.4, 0.5) is 0 Å². The van der Waals surface area contributed by atoms with Crippen molar-refractivity contribution >= 4 is 78.3 Å². The number of nitrogens with zero attached hydrogens (tertiary/aromatic N) is 2. The van der Waals surface area contributed by atoms with Crippen LogP contribution in [0.1, 0.15) is 45.2 Å². The predicted molar refractivity (Wildman–Crippen MR) is 295 cm³/mol. The molecular weight excluding hydrogens is 1140 g/mol. The number of aliphatic hydroxyl groups excluding tert-OH is 2. The number of carbonyl (C=O) groups is 2. The number of amides is 2. The monoisotopic (exact) mass is 1200 g/mol. The summed E-state index contributed by atoms with van der Waals surface area (Å²) >= 11 is 25.7. The van der Waals surface area contributed by atoms with E-state index in [4.69, 9.17) is 74.8 Å². The fourth-order valence-corrected chi connectivity index (χ4v) is 12.1. The normalized spacial score (nSPS) is 16.8. The summed E-state index contributed by atoms with van der Waals surface area (Å²) in [6, 6.07) is 20.9. The SMILES string of the molecule is CN1Cc2c(Cl)cc(Cl)cc2[C@H](c2cccc(S(=O)(=O)NCCOCCOCCOCCNC(=O)[C@@H](O)[C@H](O)C(=O)NCCOCCOCCOCCNS(=O)(=O)c3cccc([C@@H]4CN(C)Cc5c(Cl)cc(Cl)cc54)c3)c2)C1. The highest BCUT2D eigenvalue weighted by molar-refractivity contribution is 7.89. The van der Waals surface area contributed by atoms with Gasteiger partial charge in [0, 0.05) is 84.3 Å². The molecule has 26 heteroatoms. The van der Waals surface area contributed by atoms with Crippen molar-refractivity contribution in [3.05, 3.63) is 126 Å². The number of hydrogen-bond donors (Lipinski definition) is 6. The minimum atomic E-state index is -3.82. The number of aliphatic hydroxyl groups is 2. The number of halogens is 4. The van der Waals surface area contributed by atoms with Gasteiger partial charge in [0.15, 0.2) is 12.2 Å². The first-order valence-corrected chi connectivity index (χ1v) is 29.7. The molecule has 78 heavy (non-hydrogen) atoms. The van der Waals surface area contributed by atoms with E-state index in [0.717, 1.165) is 33.4 Å². The largest absolute Gasteiger partial charge is 0.380 e. The second-order valence-corrected chi connectivity index (χ2v) is 23.7. The Balaban J connectivity index is 0.717. The number of nitrogens with one attached hydrogen (secondary N) is 4. The van der Waals surface area contributed by atoms with E-state index in [1.807, 2.05) is 38.4 Å². The van der Waals surface area contributed by atoms with Crippen LogP contribution in [-0.4, -0.2) is 194 Å². The summed E-state index contributed by atoms with van der Waals surface area (Å²) in [5.41, 5.74) is 5.57. The van der Waals surface area contributed by atoms with Crippen LogP contribution in [0.25, 0.3) is 0 Å². The molecule has 20 nitrogen and oxygen atoms in total. The molecule has 430 valence electrons. The van der Waals surface area contributed by atoms with E-state index in [1.54, 1.807) is 48.5 Å². The highest BCUT2D eigenvalue weighted by Gasteiger charge is 2.32. The molecule has 0 saturated heterocycles. The summed E-state index contributed by atoms with van der Waals surface area (Å²) in [5.74, 6) is -2.15. The minimum absolute atomic E-state index is 0.00803. The van der Waals surface area contributed by atoms with E-state index in [-0.39, 0.29) is 127 Å². The van der Waals surface area contributed by atoms with Crippen molar-refractivity contribution in [2.24, 2.45) is 0 Å². The molecule has 4 atom stereocenters. The highest BCUT2D eigenvalue weighted by atomic mass is 35.5. The standard InChI is InChI=1S/C52H68Cl4N6O14S2/c1-61-31-43(41-27-37(53)29-47(55)45(41)33-61)35-5-3-7-39(25-35)77(67,68)59-11-15-73-19-23-75-21-17-71-13-9-57-51(65)49(63)50(64)52(66)58-10-14-72-18-22-76-24-20-74-16-12-60-78(69,70)40-8-4-6-36(26-40)44-32-62(2)34-46-42(44)28-38(54)30-48(46)56/h3-8,25-30,43-44,49-50,59-60,63-64H,9-24,31-34H2,1-2H3,(H,57,65)(H,58,66)/t43-,44-,49-,50-/m0/s1. The summed E-state index contributed by atoms with van der Waals surface area (Å²) < 4.78 is 90.4. The van der Waals surface area contributed by atoms with E-state index in [9.17, 15) is 36.6 Å². The van der Waals surface area contributed by atoms with Gasteiger partial charge in [0.05, 0.1) is 89.1 Å². The average molecular weight is 1210 g/mol. The van der Waals surface area contributed by atoms with Crippen LogP contribution in [-0.2, 0) is 71.1 Å². The average Bonchev–Trinajstić information content (AvgIpc) is 3.50. The van der Waals surface area contributed by atoms with Crippen molar-refractivity contribution in [3.8, 4) is 0 Å². The van der Waals surface area contributed by atoms with Gasteiger partial charge < -0.3 is 59.1 Å². The first-order chi connectivity index (χ1) is 37.3. The first-order valence-electron chi connectivity index (χ1n) is 25.2. The lowest BCUT2D eigenvalue weighted by Gasteiger charge is -2.33. The molecule has 2 aliphatic heterocycles. The van der Waals surface area contributed by atoms with Crippen LogP contribution in [0.2, 0.25) is 20.1 Å². The Bertz CT molecular complexity index is 2650. The number of carbonyl (C=O) groups excluding carboxylic acids is 2. The van der Waals surface area contributed by atoms with Crippen LogP contribution < -0.4 is 20.1 Å². The van der Waals surface area contributed by atoms with Crippen LogP contribution >= 0.6 is 46.4 Å². The van der Waals surface area contributed by atoms with E-state index in [0.29, 0.717) is 46.3 Å². The Labute approximate surface area is 476 Å². The predicted octanol–water partition coefficient (Wildman–Crippen LogP) is 3.77. The van der Waals surface area contributed by atoms with Gasteiger partial charge in [0.25, 0.3) is 11.8 Å². The molecule has 0 spiro atoms. The van der Waals surface area contributed by atoms with Crippen molar-refractivity contribution in [1.82, 2.24) is 29.9 Å². The van der Waals surface area contributed by atoms with Crippen LogP contribution in [0, 0.1) is 0 Å². The molecular formula is C52H68Cl4N6O14S2. The summed E-state index contributed by atoms with van der Waals surface area (Å²) in [6.07, 6.45) is -4.04. The fraction of sp³-hybridized carbons (Fsp3) is 0.500. The number of hydrogen-bond acceptors (Lipinski definition) is 16. The third-order valence-corrected chi connectivity index (χ3v) is 16.6. The zero-order chi connectivity index (χ0) is 56.2. The van der Waals surface area contributed by atoms with Gasteiger partial charge in [0.2, 0.25) is 20.0 Å². The van der Waals surface area contributed by atoms with Gasteiger partial charge in [-0.1, -0.05) is 70.7 Å². The number of ether oxygens (including phenoxy) is 6. The molecule has 0 unspecified atom stereocenters. The smallest absolute Gasteiger partial charge is 0.252 e. The molecule has 6 N–H and O–H groups in total. The van der Waals surface area contributed by atoms with Crippen molar-refractivity contribution < 1.29 is 65.1 Å². The van der Waals surface area contributed by atoms with Gasteiger partial charge in [-0.05, 0) is 96.0 Å². The molecule has 2 amide bonds. The maximum Gasteiger partial charge on any atom is 0.252 e. The van der Waals surface area contributed by atoms with E-state index in [1.165, 1.54) is 0 Å². The summed E-state index contributed by atoms with van der Waals surface area (Å²) in [4.78, 5) is 29.1. The summed E-state index contributed by atoms with van der Waals surface area (Å²) in [7, 11) is -3.67. The molecule has 0 radical (unpaired) electrons. The number of benzene rings is 4. The Hall–Kier alpha value is -3.60. The van der Waals surface area contributed by atoms with Gasteiger partial charge in [-0.3, -0.25) is 9.59 Å². The maximum absolute atomic E-state index is 13.1. The lowest BCUT2D eigenvalue weighted by atomic mass is 9.85. The van der Waals surface area contributed by atoms with Gasteiger partial charge >= 0.3 is 0 Å². The zero-order valence-electron chi connectivity index (χ0n) is 43.4. The molecule has 0 aromatic heterocycles. The quantitative estimate of drug-likeness (QED) is 0.0372. The molecule has 0 fully saturated rings. The van der Waals surface area contributed by atoms with E-state index >= 15 is 0 Å². The fourth-order valence-electron chi connectivity index (χ4n) is 8.79. The maximum atomic E-state index is 13.1. The van der Waals surface area contributed by atoms with Crippen molar-refractivity contribution in [2.75, 3.05) is 133 Å². The van der Waals surface area contributed by atoms with E-state index < -0.39 is 44.1 Å². The van der Waals surface area contributed by atoms with Gasteiger partial charge in [0.1, 0.15) is 0 Å². The first kappa shape index (κ1) is 63.6. The molecule has 4 aromatic rings. The van der Waals surface area contributed by atoms with Gasteiger partial charge in [-0.25, -0.2) is 26.3 Å². The van der Waals surface area contributed by atoms with Crippen molar-refractivity contribution in [1.29, 1.82) is 0 Å². The van der Waals surface area contributed by atoms with Crippen LogP contribution in [0.3, 0.4) is 0 Å². The number of sulfonamides is 2. The summed E-state index contributed by atoms with van der Waals surface area (Å²) in [5, 5.41) is 27.3. The highest BCUT2D eigenvalue weighted by Crippen LogP contribution is 2.40. The Kier molecular flexibility index (Phi) is 25.7. The molecule has 2 aliphatic rings. The molecule has 0 saturated carbocycles. The number of rotatable bonds is 33. The number of fused-ring (bicyclic) bond motifs is 2. The molecule has 0 aliphatic carbocycles. The number of likely N-dealkylation sites (N-methyl/N-ethyl adjacent to an activating group) is 2. The second-order valence-electron chi connectivity index (χ2n) is 18.5. The van der Waals surface area contributed by atoms with Crippen LogP contribution in [0.15, 0.2) is 82.6 Å². The molecule has 6 rings (SSSR count). The van der Waals surface area contributed by atoms with Gasteiger partial charge in [-0.15, -0.1) is 0 Å². The minimum Gasteiger partial charge on any atom is -0.380 e. The summed E-state index contributed by atoms with van der Waals surface area (Å²) in [6.45, 7) is 4.80. The Morgan fingerprint density at radius 2 is 0.859 bits per heavy atom. The lowest BCUT2D eigenvalue weighted by Crippen LogP contribution is -2.50. The third kappa shape index (κ3) is 19.3. The Morgan fingerprint density at radius 3 is 1.22 bits per heavy atom. The second kappa shape index (κ2) is 31.6. The molecule has 4 aromatic carbocycles. The Morgan fingerprint density at radius 1 is 0.526 bits per heavy atom. The van der Waals surface area contributed by atoms with Crippen molar-refractivity contribution in [3.63, 3.8) is 0 Å². The van der Waals surface area contributed by atoms with Crippen molar-refractivity contribution in [2.45, 2.75) is 46.9 Å². The third-order valence-electron chi connectivity index (χ3n) is 12.6. The molecule has 0 bridgehead atoms. The zero-order valence-corrected chi connectivity index (χ0v) is 48.1. The topological polar surface area (TPSA) is 253 Å². The van der Waals surface area contributed by atoms with Crippen LogP contribution in [0.5, 0.6) is 0 Å². The van der Waals surface area contributed by atoms with E-state index in [2.05, 4.69) is 29.9 Å². The molecule has 2 heterocycles. The van der Waals surface area contributed by atoms with Gasteiger partial charge in [-0.2, -0.15) is 0 Å².